The molecule has 2 aliphatic rings. The van der Waals surface area contributed by atoms with E-state index in [-0.39, 0.29) is 24.8 Å². The number of ketones is 1. The highest BCUT2D eigenvalue weighted by Crippen LogP contribution is 2.38. The van der Waals surface area contributed by atoms with Gasteiger partial charge in [0.2, 0.25) is 5.91 Å². The van der Waals surface area contributed by atoms with Crippen LogP contribution in [0.3, 0.4) is 0 Å². The first-order valence-electron chi connectivity index (χ1n) is 8.15. The van der Waals surface area contributed by atoms with Crippen molar-refractivity contribution in [3.05, 3.63) is 23.0 Å². The van der Waals surface area contributed by atoms with Crippen molar-refractivity contribution in [2.24, 2.45) is 0 Å². The SMILES string of the molecule is Cc1cc(C(=O)CN(C)CC(=O)NC2CC2)c(C)n1C1CC1. The van der Waals surface area contributed by atoms with E-state index in [0.29, 0.717) is 12.1 Å². The summed E-state index contributed by atoms with van der Waals surface area (Å²) in [4.78, 5) is 26.1. The molecule has 0 unspecified atom stereocenters. The summed E-state index contributed by atoms with van der Waals surface area (Å²) in [5, 5.41) is 2.95. The third-order valence-corrected chi connectivity index (χ3v) is 4.47. The number of Topliss-reactive ketones (excluding diaryl/α,β-unsaturated/α-hetero) is 1. The highest BCUT2D eigenvalue weighted by Gasteiger charge is 2.29. The standard InChI is InChI=1S/C17H25N3O2/c1-11-8-15(12(2)20(11)14-6-7-14)16(21)9-19(3)10-17(22)18-13-4-5-13/h8,13-14H,4-7,9-10H2,1-3H3,(H,18,22). The number of aromatic nitrogens is 1. The Balaban J connectivity index is 1.59. The van der Waals surface area contributed by atoms with Crippen LogP contribution in [0.2, 0.25) is 0 Å². The first-order valence-corrected chi connectivity index (χ1v) is 8.15. The quantitative estimate of drug-likeness (QED) is 0.782. The van der Waals surface area contributed by atoms with Gasteiger partial charge >= 0.3 is 0 Å². The van der Waals surface area contributed by atoms with E-state index in [4.69, 9.17) is 0 Å². The second-order valence-electron chi connectivity index (χ2n) is 6.82. The van der Waals surface area contributed by atoms with Gasteiger partial charge < -0.3 is 9.88 Å². The van der Waals surface area contributed by atoms with Gasteiger partial charge in [-0.15, -0.1) is 0 Å². The Morgan fingerprint density at radius 1 is 1.23 bits per heavy atom. The molecule has 0 radical (unpaired) electrons. The van der Waals surface area contributed by atoms with Crippen LogP contribution in [0.15, 0.2) is 6.07 Å². The van der Waals surface area contributed by atoms with Gasteiger partial charge in [0, 0.05) is 29.0 Å². The maximum Gasteiger partial charge on any atom is 0.234 e. The summed E-state index contributed by atoms with van der Waals surface area (Å²) in [7, 11) is 1.82. The van der Waals surface area contributed by atoms with Crippen molar-refractivity contribution in [2.45, 2.75) is 51.6 Å². The highest BCUT2D eigenvalue weighted by molar-refractivity contribution is 5.99. The van der Waals surface area contributed by atoms with Crippen LogP contribution in [-0.2, 0) is 4.79 Å². The number of likely N-dealkylation sites (N-methyl/N-ethyl adjacent to an activating group) is 1. The van der Waals surface area contributed by atoms with Crippen molar-refractivity contribution >= 4 is 11.7 Å². The molecule has 0 aliphatic heterocycles. The summed E-state index contributed by atoms with van der Waals surface area (Å²) >= 11 is 0. The van der Waals surface area contributed by atoms with E-state index in [1.54, 1.807) is 4.90 Å². The van der Waals surface area contributed by atoms with Crippen molar-refractivity contribution in [3.8, 4) is 0 Å². The van der Waals surface area contributed by atoms with Crippen LogP contribution >= 0.6 is 0 Å². The number of amides is 1. The van der Waals surface area contributed by atoms with E-state index >= 15 is 0 Å². The molecule has 120 valence electrons. The Labute approximate surface area is 131 Å². The molecule has 0 atom stereocenters. The molecular formula is C17H25N3O2. The van der Waals surface area contributed by atoms with E-state index < -0.39 is 0 Å². The largest absolute Gasteiger partial charge is 0.352 e. The molecule has 2 saturated carbocycles. The molecular weight excluding hydrogens is 278 g/mol. The summed E-state index contributed by atoms with van der Waals surface area (Å²) < 4.78 is 2.28. The zero-order valence-electron chi connectivity index (χ0n) is 13.7. The van der Waals surface area contributed by atoms with Crippen LogP contribution in [-0.4, -0.2) is 47.3 Å². The highest BCUT2D eigenvalue weighted by atomic mass is 16.2. The van der Waals surface area contributed by atoms with Crippen molar-refractivity contribution in [3.63, 3.8) is 0 Å². The van der Waals surface area contributed by atoms with E-state index in [1.807, 2.05) is 20.0 Å². The van der Waals surface area contributed by atoms with Gasteiger partial charge in [0.25, 0.3) is 0 Å². The molecule has 22 heavy (non-hydrogen) atoms. The molecule has 0 bridgehead atoms. The molecule has 3 rings (SSSR count). The van der Waals surface area contributed by atoms with Gasteiger partial charge in [-0.3, -0.25) is 14.5 Å². The smallest absolute Gasteiger partial charge is 0.234 e. The lowest BCUT2D eigenvalue weighted by Crippen LogP contribution is -2.38. The van der Waals surface area contributed by atoms with Crippen LogP contribution in [0, 0.1) is 13.8 Å². The van der Waals surface area contributed by atoms with E-state index in [0.717, 1.165) is 29.8 Å². The fraction of sp³-hybridized carbons (Fsp3) is 0.647. The average Bonchev–Trinajstić information content (AvgIpc) is 3.31. The number of hydrogen-bond donors (Lipinski definition) is 1. The molecule has 0 spiro atoms. The van der Waals surface area contributed by atoms with Crippen molar-refractivity contribution in [1.29, 1.82) is 0 Å². The van der Waals surface area contributed by atoms with Gasteiger partial charge in [-0.05, 0) is 52.6 Å². The number of hydrogen-bond acceptors (Lipinski definition) is 3. The lowest BCUT2D eigenvalue weighted by molar-refractivity contribution is -0.121. The predicted molar refractivity (Wildman–Crippen MR) is 85.2 cm³/mol. The molecule has 1 amide bonds. The van der Waals surface area contributed by atoms with Crippen LogP contribution in [0.1, 0.15) is 53.5 Å². The average molecular weight is 303 g/mol. The van der Waals surface area contributed by atoms with Gasteiger partial charge in [0.05, 0.1) is 13.1 Å². The third-order valence-electron chi connectivity index (χ3n) is 4.47. The molecule has 0 saturated heterocycles. The van der Waals surface area contributed by atoms with Crippen LogP contribution in [0.5, 0.6) is 0 Å². The lowest BCUT2D eigenvalue weighted by atomic mass is 10.1. The molecule has 1 N–H and O–H groups in total. The normalized spacial score (nSPS) is 17.8. The second-order valence-corrected chi connectivity index (χ2v) is 6.82. The van der Waals surface area contributed by atoms with Crippen molar-refractivity contribution in [2.75, 3.05) is 20.1 Å². The summed E-state index contributed by atoms with van der Waals surface area (Å²) in [6, 6.07) is 2.95. The minimum atomic E-state index is 0.0150. The first kappa shape index (κ1) is 15.3. The summed E-state index contributed by atoms with van der Waals surface area (Å²) in [6.07, 6.45) is 4.60. The van der Waals surface area contributed by atoms with Crippen molar-refractivity contribution < 1.29 is 9.59 Å². The summed E-state index contributed by atoms with van der Waals surface area (Å²) in [5.74, 6) is 0.114. The number of carbonyl (C=O) groups is 2. The number of aryl methyl sites for hydroxylation is 1. The van der Waals surface area contributed by atoms with Gasteiger partial charge in [-0.1, -0.05) is 0 Å². The molecule has 2 aliphatic carbocycles. The molecule has 5 nitrogen and oxygen atoms in total. The second kappa shape index (κ2) is 5.88. The molecule has 1 aromatic rings. The van der Waals surface area contributed by atoms with Gasteiger partial charge in [0.15, 0.2) is 5.78 Å². The van der Waals surface area contributed by atoms with E-state index in [1.165, 1.54) is 12.8 Å². The zero-order valence-corrected chi connectivity index (χ0v) is 13.7. The fourth-order valence-electron chi connectivity index (χ4n) is 3.09. The molecule has 2 fully saturated rings. The fourth-order valence-corrected chi connectivity index (χ4v) is 3.09. The Hall–Kier alpha value is -1.62. The zero-order chi connectivity index (χ0) is 15.9. The van der Waals surface area contributed by atoms with E-state index in [9.17, 15) is 9.59 Å². The molecule has 1 heterocycles. The Bertz CT molecular complexity index is 597. The van der Waals surface area contributed by atoms with Crippen LogP contribution in [0.25, 0.3) is 0 Å². The Morgan fingerprint density at radius 3 is 2.50 bits per heavy atom. The maximum absolute atomic E-state index is 12.5. The van der Waals surface area contributed by atoms with Gasteiger partial charge in [-0.25, -0.2) is 0 Å². The topological polar surface area (TPSA) is 54.3 Å². The van der Waals surface area contributed by atoms with Gasteiger partial charge in [-0.2, -0.15) is 0 Å². The number of carbonyl (C=O) groups excluding carboxylic acids is 2. The Kier molecular flexibility index (Phi) is 4.08. The number of rotatable bonds is 7. The van der Waals surface area contributed by atoms with Crippen LogP contribution in [0.4, 0.5) is 0 Å². The lowest BCUT2D eigenvalue weighted by Gasteiger charge is -2.15. The monoisotopic (exact) mass is 303 g/mol. The van der Waals surface area contributed by atoms with Gasteiger partial charge in [0.1, 0.15) is 0 Å². The maximum atomic E-state index is 12.5. The Morgan fingerprint density at radius 2 is 1.91 bits per heavy atom. The van der Waals surface area contributed by atoms with E-state index in [2.05, 4.69) is 16.8 Å². The van der Waals surface area contributed by atoms with Crippen LogP contribution < -0.4 is 5.32 Å². The molecule has 5 heteroatoms. The summed E-state index contributed by atoms with van der Waals surface area (Å²) in [5.41, 5.74) is 3.04. The third kappa shape index (κ3) is 3.40. The molecule has 0 aromatic carbocycles. The van der Waals surface area contributed by atoms with Crippen molar-refractivity contribution in [1.82, 2.24) is 14.8 Å². The predicted octanol–water partition coefficient (Wildman–Crippen LogP) is 1.83. The minimum Gasteiger partial charge on any atom is -0.352 e. The summed E-state index contributed by atoms with van der Waals surface area (Å²) in [6.45, 7) is 4.66. The molecule has 1 aromatic heterocycles. The minimum absolute atomic E-state index is 0.0150. The first-order chi connectivity index (χ1) is 10.5. The number of nitrogens with one attached hydrogen (secondary N) is 1. The number of nitrogens with zero attached hydrogens (tertiary/aromatic N) is 2.